The van der Waals surface area contributed by atoms with Crippen LogP contribution in [0.1, 0.15) is 32.5 Å². The number of nitrogens with zero attached hydrogens (tertiary/aromatic N) is 3. The third kappa shape index (κ3) is 5.25. The molecule has 7 nitrogen and oxygen atoms in total. The lowest BCUT2D eigenvalue weighted by atomic mass is 9.97. The number of amides is 3. The molecule has 1 aliphatic heterocycles. The number of piperidine rings is 1. The summed E-state index contributed by atoms with van der Waals surface area (Å²) in [5, 5.41) is 5.90. The number of imidazole rings is 1. The third-order valence-corrected chi connectivity index (χ3v) is 4.31. The van der Waals surface area contributed by atoms with Gasteiger partial charge in [0.1, 0.15) is 5.82 Å². The first kappa shape index (κ1) is 18.3. The fourth-order valence-corrected chi connectivity index (χ4v) is 2.86. The predicted octanol–water partition coefficient (Wildman–Crippen LogP) is 1.16. The fraction of sp³-hybridized carbons (Fsp3) is 0.706. The van der Waals surface area contributed by atoms with Crippen LogP contribution in [-0.2, 0) is 18.3 Å². The van der Waals surface area contributed by atoms with E-state index in [-0.39, 0.29) is 17.9 Å². The summed E-state index contributed by atoms with van der Waals surface area (Å²) in [5.74, 6) is 1.29. The highest BCUT2D eigenvalue weighted by atomic mass is 16.2. The topological polar surface area (TPSA) is 79.3 Å². The maximum atomic E-state index is 12.3. The highest BCUT2D eigenvalue weighted by Gasteiger charge is 2.28. The molecule has 1 atom stereocenters. The maximum absolute atomic E-state index is 12.3. The summed E-state index contributed by atoms with van der Waals surface area (Å²) >= 11 is 0. The van der Waals surface area contributed by atoms with Gasteiger partial charge in [-0.1, -0.05) is 13.8 Å². The van der Waals surface area contributed by atoms with Gasteiger partial charge in [0.2, 0.25) is 5.91 Å². The number of rotatable bonds is 6. The third-order valence-electron chi connectivity index (χ3n) is 4.31. The van der Waals surface area contributed by atoms with Crippen LogP contribution >= 0.6 is 0 Å². The van der Waals surface area contributed by atoms with E-state index in [0.29, 0.717) is 32.0 Å². The van der Waals surface area contributed by atoms with Crippen molar-refractivity contribution in [3.63, 3.8) is 0 Å². The van der Waals surface area contributed by atoms with E-state index in [2.05, 4.69) is 29.5 Å². The molecule has 7 heteroatoms. The van der Waals surface area contributed by atoms with Gasteiger partial charge in [-0.05, 0) is 18.8 Å². The summed E-state index contributed by atoms with van der Waals surface area (Å²) in [6, 6.07) is -0.0609. The number of aromatic nitrogens is 2. The minimum atomic E-state index is -0.120. The summed E-state index contributed by atoms with van der Waals surface area (Å²) in [6.07, 6.45) is 6.06. The van der Waals surface area contributed by atoms with Gasteiger partial charge < -0.3 is 20.1 Å². The van der Waals surface area contributed by atoms with E-state index in [1.54, 1.807) is 11.1 Å². The minimum Gasteiger partial charge on any atom is -0.355 e. The fourth-order valence-electron chi connectivity index (χ4n) is 2.86. The summed E-state index contributed by atoms with van der Waals surface area (Å²) in [4.78, 5) is 30.5. The van der Waals surface area contributed by atoms with E-state index in [1.807, 2.05) is 17.8 Å². The number of aryl methyl sites for hydroxylation is 1. The first-order valence-corrected chi connectivity index (χ1v) is 8.74. The molecule has 0 radical (unpaired) electrons. The highest BCUT2D eigenvalue weighted by Crippen LogP contribution is 2.16. The SMILES string of the molecule is CC(C)CNC(=O)N1CCCC(C(=O)NCCc2nccn2C)C1. The van der Waals surface area contributed by atoms with Gasteiger partial charge in [-0.3, -0.25) is 4.79 Å². The largest absolute Gasteiger partial charge is 0.355 e. The quantitative estimate of drug-likeness (QED) is 0.819. The number of carbonyl (C=O) groups is 2. The van der Waals surface area contributed by atoms with E-state index in [4.69, 9.17) is 0 Å². The minimum absolute atomic E-state index is 0.0329. The Bertz CT molecular complexity index is 555. The molecule has 2 rings (SSSR count). The normalized spacial score (nSPS) is 17.8. The molecule has 134 valence electrons. The van der Waals surface area contributed by atoms with Crippen molar-refractivity contribution < 1.29 is 9.59 Å². The van der Waals surface area contributed by atoms with Crippen molar-refractivity contribution in [2.24, 2.45) is 18.9 Å². The Labute approximate surface area is 143 Å². The Morgan fingerprint density at radius 2 is 2.17 bits per heavy atom. The standard InChI is InChI=1S/C17H29N5O2/c1-13(2)11-20-17(24)22-9-4-5-14(12-22)16(23)19-7-6-15-18-8-10-21(15)3/h8,10,13-14H,4-7,9,11-12H2,1-3H3,(H,19,23)(H,20,24). The molecule has 24 heavy (non-hydrogen) atoms. The molecular weight excluding hydrogens is 306 g/mol. The molecule has 1 aromatic heterocycles. The second kappa shape index (κ2) is 8.70. The molecule has 1 aliphatic rings. The van der Waals surface area contributed by atoms with Crippen LogP contribution in [0.5, 0.6) is 0 Å². The van der Waals surface area contributed by atoms with Crippen molar-refractivity contribution in [3.8, 4) is 0 Å². The smallest absolute Gasteiger partial charge is 0.317 e. The van der Waals surface area contributed by atoms with Crippen LogP contribution in [0, 0.1) is 11.8 Å². The molecule has 0 saturated carbocycles. The first-order valence-electron chi connectivity index (χ1n) is 8.74. The molecule has 0 aliphatic carbocycles. The number of likely N-dealkylation sites (tertiary alicyclic amines) is 1. The van der Waals surface area contributed by atoms with Crippen LogP contribution in [0.25, 0.3) is 0 Å². The number of urea groups is 1. The van der Waals surface area contributed by atoms with Crippen LogP contribution in [0.4, 0.5) is 4.79 Å². The molecule has 0 bridgehead atoms. The van der Waals surface area contributed by atoms with Gasteiger partial charge in [-0.2, -0.15) is 0 Å². The second-order valence-electron chi connectivity index (χ2n) is 6.86. The lowest BCUT2D eigenvalue weighted by molar-refractivity contribution is -0.126. The van der Waals surface area contributed by atoms with Crippen LogP contribution in [0.15, 0.2) is 12.4 Å². The van der Waals surface area contributed by atoms with Crippen molar-refractivity contribution in [2.45, 2.75) is 33.1 Å². The van der Waals surface area contributed by atoms with Gasteiger partial charge in [-0.25, -0.2) is 9.78 Å². The Balaban J connectivity index is 1.75. The van der Waals surface area contributed by atoms with Gasteiger partial charge in [0.15, 0.2) is 0 Å². The van der Waals surface area contributed by atoms with Crippen molar-refractivity contribution in [2.75, 3.05) is 26.2 Å². The highest BCUT2D eigenvalue weighted by molar-refractivity contribution is 5.80. The molecule has 1 aromatic rings. The Kier molecular flexibility index (Phi) is 6.63. The molecule has 1 unspecified atom stereocenters. The number of hydrogen-bond donors (Lipinski definition) is 2. The first-order chi connectivity index (χ1) is 11.5. The second-order valence-corrected chi connectivity index (χ2v) is 6.86. The van der Waals surface area contributed by atoms with E-state index in [1.165, 1.54) is 0 Å². The Morgan fingerprint density at radius 3 is 2.83 bits per heavy atom. The summed E-state index contributed by atoms with van der Waals surface area (Å²) in [5.41, 5.74) is 0. The van der Waals surface area contributed by atoms with Crippen molar-refractivity contribution in [1.82, 2.24) is 25.1 Å². The van der Waals surface area contributed by atoms with Crippen LogP contribution in [0.3, 0.4) is 0 Å². The van der Waals surface area contributed by atoms with E-state index >= 15 is 0 Å². The van der Waals surface area contributed by atoms with Gasteiger partial charge in [0.05, 0.1) is 5.92 Å². The van der Waals surface area contributed by atoms with Gasteiger partial charge in [-0.15, -0.1) is 0 Å². The Hall–Kier alpha value is -2.05. The lowest BCUT2D eigenvalue weighted by Gasteiger charge is -2.32. The van der Waals surface area contributed by atoms with Crippen molar-refractivity contribution in [3.05, 3.63) is 18.2 Å². The summed E-state index contributed by atoms with van der Waals surface area (Å²) in [7, 11) is 1.94. The lowest BCUT2D eigenvalue weighted by Crippen LogP contribution is -2.49. The zero-order valence-electron chi connectivity index (χ0n) is 14.9. The maximum Gasteiger partial charge on any atom is 0.317 e. The van der Waals surface area contributed by atoms with E-state index in [9.17, 15) is 9.59 Å². The van der Waals surface area contributed by atoms with Crippen molar-refractivity contribution in [1.29, 1.82) is 0 Å². The Morgan fingerprint density at radius 1 is 1.38 bits per heavy atom. The monoisotopic (exact) mass is 335 g/mol. The number of nitrogens with one attached hydrogen (secondary N) is 2. The number of carbonyl (C=O) groups excluding carboxylic acids is 2. The van der Waals surface area contributed by atoms with E-state index in [0.717, 1.165) is 25.2 Å². The molecule has 3 amide bonds. The summed E-state index contributed by atoms with van der Waals surface area (Å²) in [6.45, 7) is 6.58. The molecule has 1 saturated heterocycles. The summed E-state index contributed by atoms with van der Waals surface area (Å²) < 4.78 is 1.95. The van der Waals surface area contributed by atoms with Gasteiger partial charge in [0, 0.05) is 52.0 Å². The molecule has 1 fully saturated rings. The zero-order chi connectivity index (χ0) is 17.5. The van der Waals surface area contributed by atoms with Gasteiger partial charge in [0.25, 0.3) is 0 Å². The molecule has 2 heterocycles. The molecule has 2 N–H and O–H groups in total. The zero-order valence-corrected chi connectivity index (χ0v) is 14.9. The van der Waals surface area contributed by atoms with Crippen LogP contribution < -0.4 is 10.6 Å². The van der Waals surface area contributed by atoms with Crippen LogP contribution in [0.2, 0.25) is 0 Å². The molecule has 0 aromatic carbocycles. The average Bonchev–Trinajstić information content (AvgIpc) is 2.97. The van der Waals surface area contributed by atoms with Gasteiger partial charge >= 0.3 is 6.03 Å². The average molecular weight is 335 g/mol. The van der Waals surface area contributed by atoms with Crippen molar-refractivity contribution >= 4 is 11.9 Å². The molecular formula is C17H29N5O2. The van der Waals surface area contributed by atoms with E-state index < -0.39 is 0 Å². The number of hydrogen-bond acceptors (Lipinski definition) is 3. The molecule has 0 spiro atoms. The van der Waals surface area contributed by atoms with Crippen LogP contribution in [-0.4, -0.2) is 52.6 Å². The predicted molar refractivity (Wildman–Crippen MR) is 92.5 cm³/mol.